The zero-order chi connectivity index (χ0) is 21.8. The topological polar surface area (TPSA) is 109 Å². The molecule has 10 heteroatoms. The van der Waals surface area contributed by atoms with E-state index >= 15 is 0 Å². The highest BCUT2D eigenvalue weighted by molar-refractivity contribution is 7.89. The van der Waals surface area contributed by atoms with Crippen LogP contribution < -0.4 is 4.72 Å². The van der Waals surface area contributed by atoms with E-state index < -0.39 is 10.0 Å². The molecule has 31 heavy (non-hydrogen) atoms. The standard InChI is InChI=1S/C21H25N3O6S/c25-20(23-9-11-24(12-10-23)21(26)19-4-2-14-30-19)16-5-7-18(8-6-16)31(27,28)22-15-17-3-1-13-29-17/h1,3,5-8,13,19,22H,2,4,9-12,14-15H2/t19-/m0/s1. The number of nitrogens with one attached hydrogen (secondary N) is 1. The van der Waals surface area contributed by atoms with Gasteiger partial charge in [-0.05, 0) is 49.2 Å². The Kier molecular flexibility index (Phi) is 6.40. The van der Waals surface area contributed by atoms with Crippen molar-refractivity contribution in [2.24, 2.45) is 0 Å². The Bertz CT molecular complexity index is 1010. The van der Waals surface area contributed by atoms with Crippen molar-refractivity contribution < 1.29 is 27.2 Å². The number of piperazine rings is 1. The molecule has 2 aliphatic rings. The van der Waals surface area contributed by atoms with Crippen molar-refractivity contribution >= 4 is 21.8 Å². The Hall–Kier alpha value is -2.69. The van der Waals surface area contributed by atoms with Gasteiger partial charge in [0, 0.05) is 38.3 Å². The van der Waals surface area contributed by atoms with Crippen LogP contribution in [0, 0.1) is 0 Å². The van der Waals surface area contributed by atoms with Crippen molar-refractivity contribution in [3.63, 3.8) is 0 Å². The van der Waals surface area contributed by atoms with Gasteiger partial charge in [-0.15, -0.1) is 0 Å². The van der Waals surface area contributed by atoms with Crippen LogP contribution in [0.5, 0.6) is 0 Å². The molecule has 2 aromatic rings. The fourth-order valence-corrected chi connectivity index (χ4v) is 4.72. The highest BCUT2D eigenvalue weighted by atomic mass is 32.2. The summed E-state index contributed by atoms with van der Waals surface area (Å²) in [7, 11) is -3.72. The normalized spacial score (nSPS) is 19.5. The van der Waals surface area contributed by atoms with E-state index in [9.17, 15) is 18.0 Å². The fraction of sp³-hybridized carbons (Fsp3) is 0.429. The Balaban J connectivity index is 1.32. The second kappa shape index (κ2) is 9.21. The number of carbonyl (C=O) groups is 2. The smallest absolute Gasteiger partial charge is 0.253 e. The van der Waals surface area contributed by atoms with E-state index in [1.807, 2.05) is 0 Å². The predicted octanol–water partition coefficient (Wildman–Crippen LogP) is 1.22. The number of rotatable bonds is 6. The van der Waals surface area contributed by atoms with E-state index in [4.69, 9.17) is 9.15 Å². The summed E-state index contributed by atoms with van der Waals surface area (Å²) in [5.41, 5.74) is 0.406. The number of carbonyl (C=O) groups excluding carboxylic acids is 2. The average molecular weight is 448 g/mol. The molecule has 1 N–H and O–H groups in total. The van der Waals surface area contributed by atoms with Gasteiger partial charge in [-0.2, -0.15) is 0 Å². The van der Waals surface area contributed by atoms with E-state index in [2.05, 4.69) is 4.72 Å². The minimum atomic E-state index is -3.72. The molecule has 2 saturated heterocycles. The quantitative estimate of drug-likeness (QED) is 0.713. The third-order valence-corrected chi connectivity index (χ3v) is 6.93. The van der Waals surface area contributed by atoms with E-state index in [-0.39, 0.29) is 29.4 Å². The molecule has 0 aliphatic carbocycles. The molecule has 1 aromatic heterocycles. The van der Waals surface area contributed by atoms with Gasteiger partial charge < -0.3 is 19.0 Å². The molecule has 4 rings (SSSR count). The lowest BCUT2D eigenvalue weighted by molar-refractivity contribution is -0.142. The zero-order valence-corrected chi connectivity index (χ0v) is 17.8. The third kappa shape index (κ3) is 4.97. The summed E-state index contributed by atoms with van der Waals surface area (Å²) >= 11 is 0. The second-order valence-corrected chi connectivity index (χ2v) is 9.31. The molecule has 2 fully saturated rings. The number of hydrogen-bond acceptors (Lipinski definition) is 6. The van der Waals surface area contributed by atoms with Crippen LogP contribution in [-0.4, -0.2) is 68.9 Å². The minimum Gasteiger partial charge on any atom is -0.468 e. The van der Waals surface area contributed by atoms with Crippen molar-refractivity contribution in [1.82, 2.24) is 14.5 Å². The van der Waals surface area contributed by atoms with E-state index in [1.54, 1.807) is 21.9 Å². The Morgan fingerprint density at radius 1 is 1.03 bits per heavy atom. The summed E-state index contributed by atoms with van der Waals surface area (Å²) in [6.45, 7) is 2.47. The number of amides is 2. The zero-order valence-electron chi connectivity index (χ0n) is 17.0. The lowest BCUT2D eigenvalue weighted by Gasteiger charge is -2.35. The summed E-state index contributed by atoms with van der Waals surface area (Å²) in [6.07, 6.45) is 2.78. The van der Waals surface area contributed by atoms with E-state index in [1.165, 1.54) is 30.5 Å². The summed E-state index contributed by atoms with van der Waals surface area (Å²) in [4.78, 5) is 28.7. The van der Waals surface area contributed by atoms with Crippen LogP contribution in [0.2, 0.25) is 0 Å². The van der Waals surface area contributed by atoms with Gasteiger partial charge in [0.2, 0.25) is 10.0 Å². The molecule has 1 aromatic carbocycles. The van der Waals surface area contributed by atoms with Gasteiger partial charge in [-0.25, -0.2) is 13.1 Å². The summed E-state index contributed by atoms with van der Waals surface area (Å²) in [6, 6.07) is 9.20. The molecule has 0 unspecified atom stereocenters. The van der Waals surface area contributed by atoms with Gasteiger partial charge in [-0.3, -0.25) is 9.59 Å². The van der Waals surface area contributed by atoms with Crippen molar-refractivity contribution in [2.45, 2.75) is 30.4 Å². The van der Waals surface area contributed by atoms with Gasteiger partial charge in [0.1, 0.15) is 11.9 Å². The van der Waals surface area contributed by atoms with E-state index in [0.29, 0.717) is 44.1 Å². The first-order valence-corrected chi connectivity index (χ1v) is 11.7. The van der Waals surface area contributed by atoms with Crippen LogP contribution in [-0.2, 0) is 26.1 Å². The first kappa shape index (κ1) is 21.5. The molecule has 2 amide bonds. The number of hydrogen-bond donors (Lipinski definition) is 1. The van der Waals surface area contributed by atoms with Crippen LogP contribution in [0.3, 0.4) is 0 Å². The minimum absolute atomic E-state index is 0.00112. The maximum atomic E-state index is 12.8. The van der Waals surface area contributed by atoms with Crippen LogP contribution in [0.4, 0.5) is 0 Å². The number of sulfonamides is 1. The number of nitrogens with zero attached hydrogens (tertiary/aromatic N) is 2. The van der Waals surface area contributed by atoms with Gasteiger partial charge >= 0.3 is 0 Å². The van der Waals surface area contributed by atoms with Crippen molar-refractivity contribution in [3.05, 3.63) is 54.0 Å². The largest absolute Gasteiger partial charge is 0.468 e. The fourth-order valence-electron chi connectivity index (χ4n) is 3.73. The van der Waals surface area contributed by atoms with Gasteiger partial charge in [0.25, 0.3) is 11.8 Å². The molecule has 1 atom stereocenters. The SMILES string of the molecule is O=C(c1ccc(S(=O)(=O)NCc2ccco2)cc1)N1CCN(C(=O)[C@@H]2CCCO2)CC1. The molecule has 0 bridgehead atoms. The van der Waals surface area contributed by atoms with Gasteiger partial charge in [-0.1, -0.05) is 0 Å². The van der Waals surface area contributed by atoms with Crippen LogP contribution >= 0.6 is 0 Å². The highest BCUT2D eigenvalue weighted by Crippen LogP contribution is 2.18. The maximum absolute atomic E-state index is 12.8. The molecule has 0 spiro atoms. The van der Waals surface area contributed by atoms with Crippen LogP contribution in [0.1, 0.15) is 29.0 Å². The highest BCUT2D eigenvalue weighted by Gasteiger charge is 2.31. The lowest BCUT2D eigenvalue weighted by atomic mass is 10.1. The second-order valence-electron chi connectivity index (χ2n) is 7.55. The third-order valence-electron chi connectivity index (χ3n) is 5.51. The first-order chi connectivity index (χ1) is 14.9. The monoisotopic (exact) mass is 447 g/mol. The summed E-state index contributed by atoms with van der Waals surface area (Å²) in [5.74, 6) is 0.324. The lowest BCUT2D eigenvalue weighted by Crippen LogP contribution is -2.52. The Morgan fingerprint density at radius 3 is 2.35 bits per heavy atom. The maximum Gasteiger partial charge on any atom is 0.253 e. The molecule has 166 valence electrons. The summed E-state index contributed by atoms with van der Waals surface area (Å²) in [5, 5.41) is 0. The van der Waals surface area contributed by atoms with Crippen LogP contribution in [0.15, 0.2) is 52.0 Å². The van der Waals surface area contributed by atoms with Crippen molar-refractivity contribution in [1.29, 1.82) is 0 Å². The number of benzene rings is 1. The Labute approximate surface area is 181 Å². The molecule has 3 heterocycles. The molecule has 2 aliphatic heterocycles. The summed E-state index contributed by atoms with van der Waals surface area (Å²) < 4.78 is 37.9. The predicted molar refractivity (Wildman–Crippen MR) is 111 cm³/mol. The van der Waals surface area contributed by atoms with Crippen molar-refractivity contribution in [2.75, 3.05) is 32.8 Å². The number of ether oxygens (including phenoxy) is 1. The first-order valence-electron chi connectivity index (χ1n) is 10.3. The van der Waals surface area contributed by atoms with Crippen LogP contribution in [0.25, 0.3) is 0 Å². The van der Waals surface area contributed by atoms with Gasteiger partial charge in [0.05, 0.1) is 17.7 Å². The molecular formula is C21H25N3O6S. The van der Waals surface area contributed by atoms with Crippen molar-refractivity contribution in [3.8, 4) is 0 Å². The Morgan fingerprint density at radius 2 is 1.74 bits per heavy atom. The molecule has 9 nitrogen and oxygen atoms in total. The molecular weight excluding hydrogens is 422 g/mol. The average Bonchev–Trinajstić information content (AvgIpc) is 3.51. The molecule has 0 radical (unpaired) electrons. The van der Waals surface area contributed by atoms with E-state index in [0.717, 1.165) is 12.8 Å². The molecule has 0 saturated carbocycles. The number of furan rings is 1. The van der Waals surface area contributed by atoms with Gasteiger partial charge in [0.15, 0.2) is 0 Å².